The Labute approximate surface area is 224 Å². The normalized spacial score (nSPS) is 17.2. The molecule has 3 amide bonds. The largest absolute Gasteiger partial charge is 0.457 e. The van der Waals surface area contributed by atoms with Crippen molar-refractivity contribution in [3.63, 3.8) is 0 Å². The van der Waals surface area contributed by atoms with Crippen LogP contribution in [0.3, 0.4) is 0 Å². The third-order valence-corrected chi connectivity index (χ3v) is 6.65. The molecule has 8 heteroatoms. The van der Waals surface area contributed by atoms with E-state index in [1.165, 1.54) is 0 Å². The SMILES string of the molecule is N#Cc1ccc(Oc2cccc(C3CC3(C(=O)NC(N)=O)c3cccc(Oc4ccc(C#N)cc4)c3)c2)cc1. The molecule has 1 saturated carbocycles. The van der Waals surface area contributed by atoms with E-state index in [2.05, 4.69) is 17.5 Å². The number of amides is 3. The van der Waals surface area contributed by atoms with Crippen LogP contribution in [0, 0.1) is 22.7 Å². The fourth-order valence-electron chi connectivity index (χ4n) is 4.69. The summed E-state index contributed by atoms with van der Waals surface area (Å²) in [6.45, 7) is 0. The monoisotopic (exact) mass is 514 g/mol. The highest BCUT2D eigenvalue weighted by molar-refractivity contribution is 6.02. The maximum Gasteiger partial charge on any atom is 0.318 e. The Kier molecular flexibility index (Phi) is 6.69. The van der Waals surface area contributed by atoms with Crippen molar-refractivity contribution in [3.8, 4) is 35.1 Å². The number of primary amides is 1. The van der Waals surface area contributed by atoms with E-state index < -0.39 is 17.4 Å². The molecule has 0 aliphatic heterocycles. The third kappa shape index (κ3) is 5.27. The number of nitrogens with zero attached hydrogens (tertiary/aromatic N) is 2. The van der Waals surface area contributed by atoms with Crippen LogP contribution in [0.25, 0.3) is 0 Å². The summed E-state index contributed by atoms with van der Waals surface area (Å²) in [5.74, 6) is 1.47. The zero-order chi connectivity index (χ0) is 27.4. The standard InChI is InChI=1S/C31H22N4O4/c32-18-20-7-11-24(12-8-20)38-26-5-1-3-22(15-26)28-17-31(28,29(36)35-30(34)37)23-4-2-6-27(16-23)39-25-13-9-21(19-33)10-14-25/h1-16,28H,17H2,(H3,34,35,36,37). The number of hydrogen-bond donors (Lipinski definition) is 2. The number of nitrogens with two attached hydrogens (primary N) is 1. The van der Waals surface area contributed by atoms with E-state index >= 15 is 0 Å². The summed E-state index contributed by atoms with van der Waals surface area (Å²) in [5.41, 5.74) is 6.86. The zero-order valence-electron chi connectivity index (χ0n) is 20.6. The van der Waals surface area contributed by atoms with Gasteiger partial charge in [-0.05, 0) is 90.3 Å². The maximum atomic E-state index is 13.4. The molecule has 0 bridgehead atoms. The van der Waals surface area contributed by atoms with Crippen molar-refractivity contribution in [3.05, 3.63) is 119 Å². The number of nitrogens with one attached hydrogen (secondary N) is 1. The highest BCUT2D eigenvalue weighted by atomic mass is 16.5. The average Bonchev–Trinajstić information content (AvgIpc) is 3.71. The van der Waals surface area contributed by atoms with E-state index in [-0.39, 0.29) is 5.92 Å². The molecular weight excluding hydrogens is 492 g/mol. The van der Waals surface area contributed by atoms with Crippen LogP contribution in [0.2, 0.25) is 0 Å². The molecule has 5 rings (SSSR count). The van der Waals surface area contributed by atoms with Gasteiger partial charge in [0.15, 0.2) is 0 Å². The minimum Gasteiger partial charge on any atom is -0.457 e. The number of ether oxygens (including phenoxy) is 2. The highest BCUT2D eigenvalue weighted by Gasteiger charge is 2.62. The van der Waals surface area contributed by atoms with Gasteiger partial charge in [-0.2, -0.15) is 10.5 Å². The van der Waals surface area contributed by atoms with Crippen LogP contribution >= 0.6 is 0 Å². The van der Waals surface area contributed by atoms with Crippen molar-refractivity contribution in [1.82, 2.24) is 5.32 Å². The molecule has 1 aliphatic rings. The molecule has 4 aromatic rings. The first-order valence-electron chi connectivity index (χ1n) is 12.1. The first-order valence-corrected chi connectivity index (χ1v) is 12.1. The number of urea groups is 1. The number of rotatable bonds is 7. The molecule has 0 heterocycles. The van der Waals surface area contributed by atoms with Crippen molar-refractivity contribution in [2.45, 2.75) is 17.8 Å². The molecule has 190 valence electrons. The number of nitriles is 2. The van der Waals surface area contributed by atoms with Gasteiger partial charge in [0.05, 0.1) is 28.7 Å². The van der Waals surface area contributed by atoms with Crippen LogP contribution < -0.4 is 20.5 Å². The van der Waals surface area contributed by atoms with Crippen molar-refractivity contribution in [2.75, 3.05) is 0 Å². The van der Waals surface area contributed by atoms with E-state index in [0.29, 0.717) is 46.1 Å². The second-order valence-electron chi connectivity index (χ2n) is 9.12. The fourth-order valence-corrected chi connectivity index (χ4v) is 4.69. The smallest absolute Gasteiger partial charge is 0.318 e. The molecule has 3 N–H and O–H groups in total. The van der Waals surface area contributed by atoms with Crippen LogP contribution in [0.5, 0.6) is 23.0 Å². The summed E-state index contributed by atoms with van der Waals surface area (Å²) in [4.78, 5) is 25.0. The Balaban J connectivity index is 1.43. The Hall–Kier alpha value is -5.60. The highest BCUT2D eigenvalue weighted by Crippen LogP contribution is 2.61. The first kappa shape index (κ1) is 25.1. The van der Waals surface area contributed by atoms with Crippen molar-refractivity contribution in [1.29, 1.82) is 10.5 Å². The quantitative estimate of drug-likeness (QED) is 0.327. The van der Waals surface area contributed by atoms with Crippen molar-refractivity contribution >= 4 is 11.9 Å². The van der Waals surface area contributed by atoms with Gasteiger partial charge in [-0.3, -0.25) is 10.1 Å². The number of benzene rings is 4. The molecular formula is C31H22N4O4. The molecule has 2 atom stereocenters. The lowest BCUT2D eigenvalue weighted by molar-refractivity contribution is -0.122. The number of imide groups is 1. The van der Waals surface area contributed by atoms with Crippen LogP contribution in [0.4, 0.5) is 4.79 Å². The Morgan fingerprint density at radius 1 is 0.769 bits per heavy atom. The van der Waals surface area contributed by atoms with Crippen LogP contribution in [0.1, 0.15) is 34.6 Å². The summed E-state index contributed by atoms with van der Waals surface area (Å²) in [6, 6.07) is 31.3. The zero-order valence-corrected chi connectivity index (χ0v) is 20.6. The molecule has 1 fully saturated rings. The van der Waals surface area contributed by atoms with Crippen molar-refractivity contribution < 1.29 is 19.1 Å². The van der Waals surface area contributed by atoms with E-state index in [1.807, 2.05) is 24.3 Å². The Morgan fingerprint density at radius 3 is 1.85 bits per heavy atom. The first-order chi connectivity index (χ1) is 18.9. The summed E-state index contributed by atoms with van der Waals surface area (Å²) in [6.07, 6.45) is 0.451. The number of hydrogen-bond acceptors (Lipinski definition) is 6. The molecule has 1 aliphatic carbocycles. The second kappa shape index (κ2) is 10.4. The van der Waals surface area contributed by atoms with Gasteiger partial charge in [-0.25, -0.2) is 4.79 Å². The van der Waals surface area contributed by atoms with Gasteiger partial charge >= 0.3 is 6.03 Å². The Morgan fingerprint density at radius 2 is 1.31 bits per heavy atom. The lowest BCUT2D eigenvalue weighted by atomic mass is 9.89. The molecule has 39 heavy (non-hydrogen) atoms. The lowest BCUT2D eigenvalue weighted by Crippen LogP contribution is -2.42. The van der Waals surface area contributed by atoms with Gasteiger partial charge in [-0.15, -0.1) is 0 Å². The van der Waals surface area contributed by atoms with Gasteiger partial charge in [0, 0.05) is 5.92 Å². The predicted octanol–water partition coefficient (Wildman–Crippen LogP) is 5.63. The van der Waals surface area contributed by atoms with Gasteiger partial charge in [0.2, 0.25) is 5.91 Å². The minimum absolute atomic E-state index is 0.244. The molecule has 0 saturated heterocycles. The third-order valence-electron chi connectivity index (χ3n) is 6.65. The number of carbonyl (C=O) groups excluding carboxylic acids is 2. The summed E-state index contributed by atoms with van der Waals surface area (Å²) in [5, 5.41) is 20.3. The van der Waals surface area contributed by atoms with E-state index in [9.17, 15) is 9.59 Å². The fraction of sp³-hybridized carbons (Fsp3) is 0.0968. The molecule has 0 aromatic heterocycles. The number of carbonyl (C=O) groups is 2. The molecule has 4 aromatic carbocycles. The molecule has 2 unspecified atom stereocenters. The van der Waals surface area contributed by atoms with Crippen molar-refractivity contribution in [2.24, 2.45) is 5.73 Å². The van der Waals surface area contributed by atoms with E-state index in [0.717, 1.165) is 5.56 Å². The maximum absolute atomic E-state index is 13.4. The summed E-state index contributed by atoms with van der Waals surface area (Å²) in [7, 11) is 0. The molecule has 0 spiro atoms. The van der Waals surface area contributed by atoms with Gasteiger partial charge < -0.3 is 15.2 Å². The van der Waals surface area contributed by atoms with E-state index in [1.54, 1.807) is 72.8 Å². The van der Waals surface area contributed by atoms with Crippen LogP contribution in [-0.2, 0) is 10.2 Å². The lowest BCUT2D eigenvalue weighted by Gasteiger charge is -2.18. The molecule has 8 nitrogen and oxygen atoms in total. The topological polar surface area (TPSA) is 138 Å². The van der Waals surface area contributed by atoms with E-state index in [4.69, 9.17) is 25.7 Å². The van der Waals surface area contributed by atoms with Crippen LogP contribution in [-0.4, -0.2) is 11.9 Å². The van der Waals surface area contributed by atoms with Gasteiger partial charge in [0.25, 0.3) is 0 Å². The van der Waals surface area contributed by atoms with Gasteiger partial charge in [0.1, 0.15) is 23.0 Å². The molecule has 0 radical (unpaired) electrons. The minimum atomic E-state index is -1.04. The van der Waals surface area contributed by atoms with Crippen LogP contribution in [0.15, 0.2) is 97.1 Å². The second-order valence-corrected chi connectivity index (χ2v) is 9.12. The van der Waals surface area contributed by atoms with Gasteiger partial charge in [-0.1, -0.05) is 24.3 Å². The summed E-state index contributed by atoms with van der Waals surface area (Å²) >= 11 is 0. The summed E-state index contributed by atoms with van der Waals surface area (Å²) < 4.78 is 11.9. The Bertz CT molecular complexity index is 1640. The predicted molar refractivity (Wildman–Crippen MR) is 142 cm³/mol. The average molecular weight is 515 g/mol.